The molecule has 0 radical (unpaired) electrons. The molecule has 7 nitrogen and oxygen atoms in total. The molecule has 3 rings (SSSR count). The number of aromatic nitrogens is 3. The summed E-state index contributed by atoms with van der Waals surface area (Å²) < 4.78 is 0. The van der Waals surface area contributed by atoms with E-state index in [1.807, 2.05) is 6.92 Å². The summed E-state index contributed by atoms with van der Waals surface area (Å²) in [7, 11) is 1.74. The number of aryl methyl sites for hydroxylation is 1. The molecular weight excluding hydrogens is 387 g/mol. The van der Waals surface area contributed by atoms with E-state index in [9.17, 15) is 4.79 Å². The maximum Gasteiger partial charge on any atom is 0.258 e. The topological polar surface area (TPSA) is 91.8 Å². The van der Waals surface area contributed by atoms with Crippen LogP contribution < -0.4 is 16.0 Å². The average molecular weight is 403 g/mol. The van der Waals surface area contributed by atoms with E-state index in [-0.39, 0.29) is 15.6 Å². The van der Waals surface area contributed by atoms with Gasteiger partial charge in [0.25, 0.3) is 5.91 Å². The number of hydrogen-bond acceptors (Lipinski definition) is 6. The van der Waals surface area contributed by atoms with Gasteiger partial charge in [0.2, 0.25) is 5.95 Å². The van der Waals surface area contributed by atoms with Crippen molar-refractivity contribution < 1.29 is 4.79 Å². The molecule has 2 aromatic heterocycles. The molecule has 0 aliphatic rings. The van der Waals surface area contributed by atoms with E-state index in [1.54, 1.807) is 49.6 Å². The summed E-state index contributed by atoms with van der Waals surface area (Å²) in [5.74, 6) is 1.18. The predicted molar refractivity (Wildman–Crippen MR) is 108 cm³/mol. The molecule has 0 fully saturated rings. The minimum atomic E-state index is -0.405. The van der Waals surface area contributed by atoms with E-state index in [2.05, 4.69) is 30.9 Å². The minimum Gasteiger partial charge on any atom is -0.357 e. The van der Waals surface area contributed by atoms with Crippen molar-refractivity contribution in [2.75, 3.05) is 23.0 Å². The van der Waals surface area contributed by atoms with Crippen LogP contribution in [-0.2, 0) is 0 Å². The van der Waals surface area contributed by atoms with Crippen LogP contribution in [0.2, 0.25) is 10.0 Å². The number of rotatable bonds is 5. The third-order valence-electron chi connectivity index (χ3n) is 3.54. The van der Waals surface area contributed by atoms with Gasteiger partial charge in [-0.15, -0.1) is 0 Å². The van der Waals surface area contributed by atoms with E-state index in [4.69, 9.17) is 23.2 Å². The highest BCUT2D eigenvalue weighted by atomic mass is 35.5. The Kier molecular flexibility index (Phi) is 5.73. The molecule has 0 unspecified atom stereocenters. The van der Waals surface area contributed by atoms with Crippen molar-refractivity contribution in [2.45, 2.75) is 6.92 Å². The van der Waals surface area contributed by atoms with Crippen LogP contribution in [0, 0.1) is 6.92 Å². The molecule has 0 atom stereocenters. The highest BCUT2D eigenvalue weighted by Crippen LogP contribution is 2.26. The second-order valence-electron chi connectivity index (χ2n) is 5.57. The van der Waals surface area contributed by atoms with Gasteiger partial charge in [-0.3, -0.25) is 4.79 Å². The van der Waals surface area contributed by atoms with E-state index in [1.165, 1.54) is 0 Å². The number of carbonyl (C=O) groups excluding carboxylic acids is 1. The number of benzene rings is 1. The fourth-order valence-corrected chi connectivity index (χ4v) is 2.93. The maximum atomic E-state index is 12.5. The Labute approximate surface area is 166 Å². The lowest BCUT2D eigenvalue weighted by Gasteiger charge is -2.11. The number of amides is 1. The second-order valence-corrected chi connectivity index (χ2v) is 6.39. The van der Waals surface area contributed by atoms with Crippen molar-refractivity contribution in [3.8, 4) is 0 Å². The van der Waals surface area contributed by atoms with Crippen molar-refractivity contribution in [3.05, 3.63) is 63.9 Å². The van der Waals surface area contributed by atoms with Gasteiger partial charge in [0, 0.05) is 36.8 Å². The van der Waals surface area contributed by atoms with Gasteiger partial charge >= 0.3 is 0 Å². The predicted octanol–water partition coefficient (Wildman–Crippen LogP) is 4.52. The summed E-state index contributed by atoms with van der Waals surface area (Å²) in [6.45, 7) is 1.87. The highest BCUT2D eigenvalue weighted by molar-refractivity contribution is 6.40. The molecule has 1 amide bonds. The van der Waals surface area contributed by atoms with Gasteiger partial charge < -0.3 is 16.0 Å². The minimum absolute atomic E-state index is 0.220. The zero-order valence-corrected chi connectivity index (χ0v) is 16.1. The number of halogens is 2. The van der Waals surface area contributed by atoms with Crippen LogP contribution in [-0.4, -0.2) is 27.9 Å². The van der Waals surface area contributed by atoms with E-state index < -0.39 is 5.91 Å². The van der Waals surface area contributed by atoms with Crippen LogP contribution in [0.5, 0.6) is 0 Å². The number of anilines is 4. The molecule has 2 heterocycles. The monoisotopic (exact) mass is 402 g/mol. The van der Waals surface area contributed by atoms with Crippen molar-refractivity contribution in [1.29, 1.82) is 0 Å². The summed E-state index contributed by atoms with van der Waals surface area (Å²) in [6, 6.07) is 10.0. The molecule has 27 heavy (non-hydrogen) atoms. The first kappa shape index (κ1) is 18.9. The molecule has 0 aliphatic carbocycles. The zero-order valence-electron chi connectivity index (χ0n) is 14.5. The Morgan fingerprint density at radius 3 is 2.48 bits per heavy atom. The molecule has 1 aromatic carbocycles. The Hall–Kier alpha value is -2.90. The lowest BCUT2D eigenvalue weighted by molar-refractivity contribution is 0.102. The average Bonchev–Trinajstić information content (AvgIpc) is 2.61. The third kappa shape index (κ3) is 4.64. The fourth-order valence-electron chi connectivity index (χ4n) is 2.36. The van der Waals surface area contributed by atoms with Crippen LogP contribution in [0.3, 0.4) is 0 Å². The quantitative estimate of drug-likeness (QED) is 0.580. The number of pyridine rings is 1. The van der Waals surface area contributed by atoms with Crippen LogP contribution in [0.25, 0.3) is 0 Å². The van der Waals surface area contributed by atoms with Crippen molar-refractivity contribution >= 4 is 52.4 Å². The van der Waals surface area contributed by atoms with Gasteiger partial charge in [-0.2, -0.15) is 4.98 Å². The normalized spacial score (nSPS) is 10.4. The Morgan fingerprint density at radius 2 is 1.78 bits per heavy atom. The summed E-state index contributed by atoms with van der Waals surface area (Å²) in [5, 5.41) is 9.31. The fraction of sp³-hybridized carbons (Fsp3) is 0.111. The van der Waals surface area contributed by atoms with Crippen LogP contribution in [0.15, 0.2) is 42.6 Å². The van der Waals surface area contributed by atoms with Crippen molar-refractivity contribution in [1.82, 2.24) is 15.0 Å². The molecular formula is C18H16Cl2N6O. The van der Waals surface area contributed by atoms with Gasteiger partial charge in [0.1, 0.15) is 11.6 Å². The van der Waals surface area contributed by atoms with E-state index in [0.717, 1.165) is 5.69 Å². The summed E-state index contributed by atoms with van der Waals surface area (Å²) in [4.78, 5) is 25.3. The smallest absolute Gasteiger partial charge is 0.258 e. The first-order valence-electron chi connectivity index (χ1n) is 7.98. The summed E-state index contributed by atoms with van der Waals surface area (Å²) >= 11 is 12.2. The van der Waals surface area contributed by atoms with Crippen LogP contribution >= 0.6 is 23.2 Å². The molecule has 0 spiro atoms. The number of nitrogens with one attached hydrogen (secondary N) is 3. The maximum absolute atomic E-state index is 12.5. The molecule has 3 N–H and O–H groups in total. The number of carbonyl (C=O) groups is 1. The SMILES string of the molecule is CNc1nc(C)cc(Nc2cc(NC(=O)c3c(Cl)cccc3Cl)ccn2)n1. The van der Waals surface area contributed by atoms with Crippen LogP contribution in [0.1, 0.15) is 16.1 Å². The first-order valence-corrected chi connectivity index (χ1v) is 8.73. The highest BCUT2D eigenvalue weighted by Gasteiger charge is 2.15. The van der Waals surface area contributed by atoms with Gasteiger partial charge in [0.05, 0.1) is 15.6 Å². The first-order chi connectivity index (χ1) is 13.0. The van der Waals surface area contributed by atoms with E-state index in [0.29, 0.717) is 23.3 Å². The lowest BCUT2D eigenvalue weighted by Crippen LogP contribution is -2.13. The molecule has 0 aliphatic heterocycles. The second kappa shape index (κ2) is 8.20. The van der Waals surface area contributed by atoms with E-state index >= 15 is 0 Å². The van der Waals surface area contributed by atoms with Gasteiger partial charge in [0.15, 0.2) is 0 Å². The lowest BCUT2D eigenvalue weighted by atomic mass is 10.2. The molecule has 0 saturated heterocycles. The molecule has 0 saturated carbocycles. The molecule has 138 valence electrons. The molecule has 9 heteroatoms. The number of hydrogen-bond donors (Lipinski definition) is 3. The van der Waals surface area contributed by atoms with Crippen LogP contribution in [0.4, 0.5) is 23.3 Å². The van der Waals surface area contributed by atoms with Gasteiger partial charge in [-0.25, -0.2) is 9.97 Å². The molecule has 3 aromatic rings. The Bertz CT molecular complexity index is 975. The standard InChI is InChI=1S/C18H16Cl2N6O/c1-10-8-15(26-18(21-2)23-10)25-14-9-11(6-7-22-14)24-17(27)16-12(19)4-3-5-13(16)20/h3-9H,1-2H3,(H3,21,22,23,24,25,26,27). The van der Waals surface area contributed by atoms with Crippen molar-refractivity contribution in [2.24, 2.45) is 0 Å². The zero-order chi connectivity index (χ0) is 19.4. The van der Waals surface area contributed by atoms with Crippen molar-refractivity contribution in [3.63, 3.8) is 0 Å². The summed E-state index contributed by atoms with van der Waals surface area (Å²) in [5.41, 5.74) is 1.56. The Balaban J connectivity index is 1.80. The Morgan fingerprint density at radius 1 is 1.04 bits per heavy atom. The molecule has 0 bridgehead atoms. The number of nitrogens with zero attached hydrogens (tertiary/aromatic N) is 3. The van der Waals surface area contributed by atoms with Gasteiger partial charge in [-0.05, 0) is 25.1 Å². The summed E-state index contributed by atoms with van der Waals surface area (Å²) in [6.07, 6.45) is 1.57. The largest absolute Gasteiger partial charge is 0.357 e. The third-order valence-corrected chi connectivity index (χ3v) is 4.17. The van der Waals surface area contributed by atoms with Gasteiger partial charge in [-0.1, -0.05) is 29.3 Å².